The fourth-order valence-corrected chi connectivity index (χ4v) is 2.26. The predicted molar refractivity (Wildman–Crippen MR) is 81.5 cm³/mol. The van der Waals surface area contributed by atoms with Crippen LogP contribution in [0, 0.1) is 0 Å². The third-order valence-electron chi connectivity index (χ3n) is 2.36. The summed E-state index contributed by atoms with van der Waals surface area (Å²) in [4.78, 5) is 15.9. The van der Waals surface area contributed by atoms with Gasteiger partial charge in [-0.05, 0) is 36.4 Å². The molecule has 0 aliphatic rings. The molecular weight excluding hydrogens is 334 g/mol. The van der Waals surface area contributed by atoms with Gasteiger partial charge < -0.3 is 10.1 Å². The number of rotatable bonds is 6. The molecule has 22 heavy (non-hydrogen) atoms. The predicted octanol–water partition coefficient (Wildman–Crippen LogP) is 3.98. The van der Waals surface area contributed by atoms with Crippen LogP contribution in [0.5, 0.6) is 5.75 Å². The van der Waals surface area contributed by atoms with Gasteiger partial charge >= 0.3 is 5.57 Å². The molecule has 2 rings (SSSR count). The van der Waals surface area contributed by atoms with Crippen molar-refractivity contribution in [1.82, 2.24) is 4.98 Å². The fourth-order valence-electron chi connectivity index (χ4n) is 1.51. The number of carbonyl (C=O) groups excluding carboxylic acids is 1. The van der Waals surface area contributed by atoms with Gasteiger partial charge in [0.2, 0.25) is 5.91 Å². The molecule has 0 atom stereocenters. The van der Waals surface area contributed by atoms with E-state index in [0.717, 1.165) is 5.03 Å². The zero-order valence-electron chi connectivity index (χ0n) is 11.1. The van der Waals surface area contributed by atoms with Crippen LogP contribution < -0.4 is 10.1 Å². The number of ether oxygens (including phenoxy) is 1. The molecular formula is C14H11ClF2N2O2S. The molecule has 0 saturated carbocycles. The van der Waals surface area contributed by atoms with Crippen LogP contribution in [0.4, 0.5) is 14.5 Å². The number of hydrogen-bond donors (Lipinski definition) is 1. The van der Waals surface area contributed by atoms with Crippen molar-refractivity contribution in [2.24, 2.45) is 0 Å². The second-order valence-corrected chi connectivity index (χ2v) is 5.51. The van der Waals surface area contributed by atoms with Gasteiger partial charge in [0.15, 0.2) is 0 Å². The molecule has 0 fully saturated rings. The van der Waals surface area contributed by atoms with Gasteiger partial charge in [0, 0.05) is 23.5 Å². The van der Waals surface area contributed by atoms with E-state index in [4.69, 9.17) is 0 Å². The lowest BCUT2D eigenvalue weighted by atomic mass is 10.3. The Labute approximate surface area is 134 Å². The summed E-state index contributed by atoms with van der Waals surface area (Å²) in [5.41, 5.74) is -3.29. The number of carbonyl (C=O) groups is 1. The van der Waals surface area contributed by atoms with Gasteiger partial charge in [-0.3, -0.25) is 4.79 Å². The number of halogens is 3. The SMILES string of the molecule is O=C(CSc1ccccn1)Nc1ccc(OC(F)(F)Cl)cc1. The van der Waals surface area contributed by atoms with Gasteiger partial charge in [-0.15, -0.1) is 8.78 Å². The zero-order valence-corrected chi connectivity index (χ0v) is 12.7. The topological polar surface area (TPSA) is 51.2 Å². The minimum absolute atomic E-state index is 0.0964. The van der Waals surface area contributed by atoms with Gasteiger partial charge in [0.1, 0.15) is 5.75 Å². The van der Waals surface area contributed by atoms with E-state index in [1.54, 1.807) is 18.3 Å². The Balaban J connectivity index is 1.84. The van der Waals surface area contributed by atoms with E-state index >= 15 is 0 Å². The number of anilines is 1. The Kier molecular flexibility index (Phi) is 5.57. The lowest BCUT2D eigenvalue weighted by molar-refractivity contribution is -0.113. The number of hydrogen-bond acceptors (Lipinski definition) is 4. The first kappa shape index (κ1) is 16.5. The van der Waals surface area contributed by atoms with Crippen LogP contribution in [0.25, 0.3) is 0 Å². The number of nitrogens with zero attached hydrogens (tertiary/aromatic N) is 1. The lowest BCUT2D eigenvalue weighted by Crippen LogP contribution is -2.16. The maximum absolute atomic E-state index is 12.4. The third kappa shape index (κ3) is 5.87. The van der Waals surface area contributed by atoms with E-state index < -0.39 is 5.57 Å². The Morgan fingerprint density at radius 1 is 1.27 bits per heavy atom. The van der Waals surface area contributed by atoms with E-state index in [-0.39, 0.29) is 17.4 Å². The first-order valence-corrected chi connectivity index (χ1v) is 7.48. The van der Waals surface area contributed by atoms with E-state index in [1.807, 2.05) is 6.07 Å². The van der Waals surface area contributed by atoms with Crippen LogP contribution in [-0.4, -0.2) is 22.2 Å². The highest BCUT2D eigenvalue weighted by molar-refractivity contribution is 7.99. The molecule has 1 aromatic carbocycles. The minimum atomic E-state index is -3.76. The number of amides is 1. The summed E-state index contributed by atoms with van der Waals surface area (Å²) in [6, 6.07) is 10.9. The fraction of sp³-hybridized carbons (Fsp3) is 0.143. The van der Waals surface area contributed by atoms with Gasteiger partial charge in [0.05, 0.1) is 10.8 Å². The molecule has 1 heterocycles. The Morgan fingerprint density at radius 3 is 2.59 bits per heavy atom. The Bertz CT molecular complexity index is 621. The summed E-state index contributed by atoms with van der Waals surface area (Å²) >= 11 is 5.95. The summed E-state index contributed by atoms with van der Waals surface area (Å²) < 4.78 is 29.1. The molecule has 0 aliphatic carbocycles. The molecule has 0 radical (unpaired) electrons. The molecule has 1 aromatic heterocycles. The maximum atomic E-state index is 12.4. The summed E-state index contributed by atoms with van der Waals surface area (Å²) in [5, 5.41) is 3.38. The summed E-state index contributed by atoms with van der Waals surface area (Å²) in [7, 11) is 0. The summed E-state index contributed by atoms with van der Waals surface area (Å²) in [5.74, 6) is -0.137. The number of benzene rings is 1. The molecule has 0 saturated heterocycles. The maximum Gasteiger partial charge on any atom is 0.487 e. The molecule has 8 heteroatoms. The molecule has 2 aromatic rings. The highest BCUT2D eigenvalue weighted by atomic mass is 35.5. The Hall–Kier alpha value is -1.86. The van der Waals surface area contributed by atoms with Crippen LogP contribution in [0.1, 0.15) is 0 Å². The van der Waals surface area contributed by atoms with Crippen molar-refractivity contribution in [1.29, 1.82) is 0 Å². The molecule has 116 valence electrons. The largest absolute Gasteiger partial charge is 0.487 e. The van der Waals surface area contributed by atoms with E-state index in [0.29, 0.717) is 5.69 Å². The zero-order chi connectivity index (χ0) is 16.0. The number of pyridine rings is 1. The first-order valence-electron chi connectivity index (χ1n) is 6.12. The molecule has 4 nitrogen and oxygen atoms in total. The smallest absolute Gasteiger partial charge is 0.420 e. The van der Waals surface area contributed by atoms with Crippen molar-refractivity contribution >= 4 is 35.0 Å². The van der Waals surface area contributed by atoms with E-state index in [2.05, 4.69) is 26.6 Å². The number of alkyl halides is 3. The van der Waals surface area contributed by atoms with Crippen molar-refractivity contribution in [3.05, 3.63) is 48.7 Å². The van der Waals surface area contributed by atoms with Crippen LogP contribution in [0.2, 0.25) is 0 Å². The van der Waals surface area contributed by atoms with Gasteiger partial charge in [0.25, 0.3) is 0 Å². The second kappa shape index (κ2) is 7.42. The second-order valence-electron chi connectivity index (χ2n) is 4.08. The van der Waals surface area contributed by atoms with E-state index in [1.165, 1.54) is 36.0 Å². The highest BCUT2D eigenvalue weighted by Gasteiger charge is 2.27. The van der Waals surface area contributed by atoms with Crippen molar-refractivity contribution in [2.45, 2.75) is 10.6 Å². The molecule has 0 bridgehead atoms. The van der Waals surface area contributed by atoms with Gasteiger partial charge in [-0.2, -0.15) is 0 Å². The molecule has 1 N–H and O–H groups in total. The lowest BCUT2D eigenvalue weighted by Gasteiger charge is -2.11. The number of aromatic nitrogens is 1. The summed E-state index contributed by atoms with van der Waals surface area (Å²) in [6.07, 6.45) is 1.64. The van der Waals surface area contributed by atoms with Gasteiger partial charge in [-0.1, -0.05) is 17.8 Å². The van der Waals surface area contributed by atoms with Crippen molar-refractivity contribution in [2.75, 3.05) is 11.1 Å². The average Bonchev–Trinajstić information content (AvgIpc) is 2.47. The third-order valence-corrected chi connectivity index (χ3v) is 3.38. The van der Waals surface area contributed by atoms with Gasteiger partial charge in [-0.25, -0.2) is 4.98 Å². The van der Waals surface area contributed by atoms with Crippen molar-refractivity contribution in [3.63, 3.8) is 0 Å². The molecule has 0 unspecified atom stereocenters. The van der Waals surface area contributed by atoms with Crippen LogP contribution in [-0.2, 0) is 4.79 Å². The Morgan fingerprint density at radius 2 is 2.00 bits per heavy atom. The quantitative estimate of drug-likeness (QED) is 0.636. The standard InChI is InChI=1S/C14H11ClF2N2O2S/c15-14(16,17)21-11-6-4-10(5-7-11)19-12(20)9-22-13-3-1-2-8-18-13/h1-8H,9H2,(H,19,20). The number of nitrogens with one attached hydrogen (secondary N) is 1. The first-order chi connectivity index (χ1) is 10.4. The highest BCUT2D eigenvalue weighted by Crippen LogP contribution is 2.26. The monoisotopic (exact) mass is 344 g/mol. The minimum Gasteiger partial charge on any atom is -0.420 e. The van der Waals surface area contributed by atoms with Crippen LogP contribution in [0.3, 0.4) is 0 Å². The summed E-state index contributed by atoms with van der Waals surface area (Å²) in [6.45, 7) is 0. The normalized spacial score (nSPS) is 11.0. The molecule has 0 aliphatic heterocycles. The molecule has 0 spiro atoms. The van der Waals surface area contributed by atoms with Crippen molar-refractivity contribution < 1.29 is 18.3 Å². The van der Waals surface area contributed by atoms with Crippen LogP contribution >= 0.6 is 23.4 Å². The number of thioether (sulfide) groups is 1. The average molecular weight is 345 g/mol. The molecule has 1 amide bonds. The van der Waals surface area contributed by atoms with Crippen molar-refractivity contribution in [3.8, 4) is 5.75 Å². The van der Waals surface area contributed by atoms with Crippen LogP contribution in [0.15, 0.2) is 53.7 Å². The van der Waals surface area contributed by atoms with E-state index in [9.17, 15) is 13.6 Å².